The van der Waals surface area contributed by atoms with Crippen molar-refractivity contribution in [2.45, 2.75) is 17.7 Å². The molecule has 0 heterocycles. The van der Waals surface area contributed by atoms with Gasteiger partial charge in [-0.15, -0.1) is 0 Å². The Morgan fingerprint density at radius 1 is 1.00 bits per heavy atom. The number of methoxy groups -OCH3 is 1. The minimum atomic E-state index is -4.54. The fourth-order valence-electron chi connectivity index (χ4n) is 3.53. The molecule has 0 amide bonds. The number of aliphatic carboxylic acids is 1. The van der Waals surface area contributed by atoms with Gasteiger partial charge in [-0.2, -0.15) is 4.72 Å². The predicted octanol–water partition coefficient (Wildman–Crippen LogP) is 2.68. The van der Waals surface area contributed by atoms with Crippen LogP contribution in [0.3, 0.4) is 0 Å². The van der Waals surface area contributed by atoms with Crippen LogP contribution in [0.1, 0.15) is 17.5 Å². The van der Waals surface area contributed by atoms with Crippen LogP contribution in [0.15, 0.2) is 59.5 Å². The zero-order chi connectivity index (χ0) is 26.3. The third-order valence-corrected chi connectivity index (χ3v) is 7.05. The molecule has 0 bridgehead atoms. The standard InChI is InChI=1S/C23H26NO10PS/c1-32-20-11-8-17(14-16-6-9-18(10-7-16)36(30,31)24-15-22(25)26)23-19(20)4-2-5-21(23)33-12-3-13-34-35(27,28)29/h2,4-11,24H,3,12-15H2,1H3,(H,25,26)(H2,27,28,29). The van der Waals surface area contributed by atoms with Crippen molar-refractivity contribution in [3.05, 3.63) is 65.7 Å². The van der Waals surface area contributed by atoms with Crippen LogP contribution in [0.2, 0.25) is 0 Å². The molecule has 0 aliphatic carbocycles. The van der Waals surface area contributed by atoms with Crippen LogP contribution in [-0.4, -0.2) is 56.1 Å². The summed E-state index contributed by atoms with van der Waals surface area (Å²) in [5.41, 5.74) is 1.69. The van der Waals surface area contributed by atoms with Gasteiger partial charge in [0.25, 0.3) is 0 Å². The van der Waals surface area contributed by atoms with E-state index in [0.29, 0.717) is 17.9 Å². The van der Waals surface area contributed by atoms with Crippen molar-refractivity contribution in [2.75, 3.05) is 26.9 Å². The average Bonchev–Trinajstić information content (AvgIpc) is 2.82. The van der Waals surface area contributed by atoms with E-state index in [2.05, 4.69) is 4.52 Å². The number of nitrogens with one attached hydrogen (secondary N) is 1. The lowest BCUT2D eigenvalue weighted by Crippen LogP contribution is -2.29. The molecule has 36 heavy (non-hydrogen) atoms. The highest BCUT2D eigenvalue weighted by Gasteiger charge is 2.17. The SMILES string of the molecule is COc1ccc(Cc2ccc(S(=O)(=O)NCC(=O)O)cc2)c2c(OCCCOP(=O)(O)O)cccc12. The molecule has 0 atom stereocenters. The second-order valence-corrected chi connectivity index (χ2v) is 10.7. The summed E-state index contributed by atoms with van der Waals surface area (Å²) in [6.45, 7) is -0.719. The van der Waals surface area contributed by atoms with Crippen molar-refractivity contribution in [3.8, 4) is 11.5 Å². The normalized spacial score (nSPS) is 12.0. The Morgan fingerprint density at radius 3 is 2.36 bits per heavy atom. The maximum Gasteiger partial charge on any atom is 0.469 e. The summed E-state index contributed by atoms with van der Waals surface area (Å²) >= 11 is 0. The van der Waals surface area contributed by atoms with Gasteiger partial charge in [-0.3, -0.25) is 9.32 Å². The van der Waals surface area contributed by atoms with E-state index in [4.69, 9.17) is 24.4 Å². The maximum atomic E-state index is 12.2. The minimum absolute atomic E-state index is 0.0476. The zero-order valence-corrected chi connectivity index (χ0v) is 21.0. The molecule has 3 rings (SSSR count). The summed E-state index contributed by atoms with van der Waals surface area (Å²) in [5.74, 6) is -0.0986. The number of ether oxygens (including phenoxy) is 2. The Bertz CT molecular complexity index is 1370. The van der Waals surface area contributed by atoms with E-state index in [1.165, 1.54) is 12.1 Å². The molecule has 4 N–H and O–H groups in total. The van der Waals surface area contributed by atoms with Crippen LogP contribution in [0.5, 0.6) is 11.5 Å². The first-order valence-electron chi connectivity index (χ1n) is 10.7. The van der Waals surface area contributed by atoms with E-state index in [9.17, 15) is 17.8 Å². The van der Waals surface area contributed by atoms with Crippen LogP contribution in [0, 0.1) is 0 Å². The molecular formula is C23H26NO10PS. The maximum absolute atomic E-state index is 12.2. The molecule has 0 aliphatic heterocycles. The summed E-state index contributed by atoms with van der Waals surface area (Å²) in [5, 5.41) is 10.3. The van der Waals surface area contributed by atoms with Gasteiger partial charge in [0.1, 0.15) is 18.0 Å². The molecule has 0 unspecified atom stereocenters. The summed E-state index contributed by atoms with van der Waals surface area (Å²) in [7, 11) is -6.93. The van der Waals surface area contributed by atoms with E-state index in [1.54, 1.807) is 31.4 Å². The Balaban J connectivity index is 1.84. The van der Waals surface area contributed by atoms with Crippen LogP contribution in [0.4, 0.5) is 0 Å². The summed E-state index contributed by atoms with van der Waals surface area (Å²) < 4.78 is 53.1. The summed E-state index contributed by atoms with van der Waals surface area (Å²) in [6.07, 6.45) is 0.692. The van der Waals surface area contributed by atoms with Gasteiger partial charge >= 0.3 is 13.8 Å². The molecule has 3 aromatic carbocycles. The van der Waals surface area contributed by atoms with Crippen molar-refractivity contribution >= 4 is 34.6 Å². The van der Waals surface area contributed by atoms with E-state index in [-0.39, 0.29) is 24.5 Å². The summed E-state index contributed by atoms with van der Waals surface area (Å²) in [6, 6.07) is 15.3. The number of sulfonamides is 1. The molecule has 3 aromatic rings. The van der Waals surface area contributed by atoms with Gasteiger partial charge in [-0.05, 0) is 41.8 Å². The highest BCUT2D eigenvalue weighted by atomic mass is 32.2. The van der Waals surface area contributed by atoms with Crippen LogP contribution in [-0.2, 0) is 30.3 Å². The first-order valence-corrected chi connectivity index (χ1v) is 13.7. The molecule has 13 heteroatoms. The molecule has 0 fully saturated rings. The van der Waals surface area contributed by atoms with Crippen LogP contribution >= 0.6 is 7.82 Å². The predicted molar refractivity (Wildman–Crippen MR) is 131 cm³/mol. The number of rotatable bonds is 13. The number of hydrogen-bond acceptors (Lipinski definition) is 7. The van der Waals surface area contributed by atoms with E-state index >= 15 is 0 Å². The molecule has 0 spiro atoms. The monoisotopic (exact) mass is 539 g/mol. The number of phosphoric acid groups is 1. The van der Waals surface area contributed by atoms with Crippen LogP contribution < -0.4 is 14.2 Å². The molecule has 0 aromatic heterocycles. The van der Waals surface area contributed by atoms with Gasteiger partial charge in [0, 0.05) is 17.2 Å². The average molecular weight is 539 g/mol. The lowest BCUT2D eigenvalue weighted by Gasteiger charge is -2.16. The first-order chi connectivity index (χ1) is 17.0. The van der Waals surface area contributed by atoms with Gasteiger partial charge in [0.15, 0.2) is 0 Å². The smallest absolute Gasteiger partial charge is 0.469 e. The molecule has 11 nitrogen and oxygen atoms in total. The topological polar surface area (TPSA) is 169 Å². The highest BCUT2D eigenvalue weighted by Crippen LogP contribution is 2.37. The molecule has 194 valence electrons. The number of fused-ring (bicyclic) bond motifs is 1. The Morgan fingerprint density at radius 2 is 1.72 bits per heavy atom. The van der Waals surface area contributed by atoms with Gasteiger partial charge < -0.3 is 24.4 Å². The number of carbonyl (C=O) groups is 1. The highest BCUT2D eigenvalue weighted by molar-refractivity contribution is 7.89. The zero-order valence-electron chi connectivity index (χ0n) is 19.3. The van der Waals surface area contributed by atoms with Crippen molar-refractivity contribution in [2.24, 2.45) is 0 Å². The van der Waals surface area contributed by atoms with E-state index in [1.807, 2.05) is 22.9 Å². The molecule has 0 saturated carbocycles. The van der Waals surface area contributed by atoms with E-state index in [0.717, 1.165) is 21.9 Å². The quantitative estimate of drug-likeness (QED) is 0.187. The fraction of sp³-hybridized carbons (Fsp3) is 0.261. The van der Waals surface area contributed by atoms with Crippen molar-refractivity contribution in [1.29, 1.82) is 0 Å². The van der Waals surface area contributed by atoms with Gasteiger partial charge in [-0.1, -0.05) is 30.3 Å². The van der Waals surface area contributed by atoms with Crippen molar-refractivity contribution < 1.29 is 46.7 Å². The number of carboxylic acid groups (broad SMARTS) is 1. The Labute approximate surface area is 207 Å². The Hall–Kier alpha value is -2.99. The number of phosphoric ester groups is 1. The minimum Gasteiger partial charge on any atom is -0.496 e. The van der Waals surface area contributed by atoms with Gasteiger partial charge in [-0.25, -0.2) is 13.0 Å². The van der Waals surface area contributed by atoms with Gasteiger partial charge in [0.2, 0.25) is 10.0 Å². The lowest BCUT2D eigenvalue weighted by atomic mass is 9.97. The van der Waals surface area contributed by atoms with Crippen LogP contribution in [0.25, 0.3) is 10.8 Å². The fourth-order valence-corrected chi connectivity index (χ4v) is 4.88. The number of benzene rings is 3. The van der Waals surface area contributed by atoms with Gasteiger partial charge in [0.05, 0.1) is 25.2 Å². The molecule has 0 aliphatic rings. The first kappa shape index (κ1) is 27.6. The molecular weight excluding hydrogens is 513 g/mol. The Kier molecular flexibility index (Phi) is 9.07. The molecule has 0 radical (unpaired) electrons. The second kappa shape index (κ2) is 11.8. The lowest BCUT2D eigenvalue weighted by molar-refractivity contribution is -0.135. The third-order valence-electron chi connectivity index (χ3n) is 5.12. The largest absolute Gasteiger partial charge is 0.496 e. The van der Waals surface area contributed by atoms with E-state index < -0.39 is 30.4 Å². The second-order valence-electron chi connectivity index (χ2n) is 7.67. The third kappa shape index (κ3) is 7.50. The number of hydrogen-bond donors (Lipinski definition) is 4. The number of carboxylic acids is 1. The van der Waals surface area contributed by atoms with Crippen molar-refractivity contribution in [3.63, 3.8) is 0 Å². The van der Waals surface area contributed by atoms with Crippen molar-refractivity contribution in [1.82, 2.24) is 4.72 Å². The summed E-state index contributed by atoms with van der Waals surface area (Å²) in [4.78, 5) is 28.2. The molecule has 0 saturated heterocycles.